The average molecular weight is 693 g/mol. The van der Waals surface area contributed by atoms with Gasteiger partial charge in [-0.05, 0) is 30.9 Å². The number of benzene rings is 2. The van der Waals surface area contributed by atoms with Crippen LogP contribution in [0.1, 0.15) is 61.0 Å². The van der Waals surface area contributed by atoms with Crippen molar-refractivity contribution >= 4 is 11.8 Å². The van der Waals surface area contributed by atoms with Gasteiger partial charge in [-0.25, -0.2) is 8.78 Å². The summed E-state index contributed by atoms with van der Waals surface area (Å²) in [6.07, 6.45) is -1.89. The largest absolute Gasteiger partial charge is 0.481 e. The molecule has 2 aliphatic heterocycles. The molecule has 2 aromatic carbocycles. The van der Waals surface area contributed by atoms with E-state index < -0.39 is 31.1 Å². The number of amides is 2. The number of piperazine rings is 2. The van der Waals surface area contributed by atoms with Crippen LogP contribution >= 0.6 is 0 Å². The van der Waals surface area contributed by atoms with Gasteiger partial charge in [-0.3, -0.25) is 19.4 Å². The lowest BCUT2D eigenvalue weighted by atomic mass is 9.81. The van der Waals surface area contributed by atoms with Gasteiger partial charge in [-0.15, -0.1) is 0 Å². The Morgan fingerprint density at radius 3 is 2.16 bits per heavy atom. The fourth-order valence-corrected chi connectivity index (χ4v) is 7.37. The summed E-state index contributed by atoms with van der Waals surface area (Å²) in [5.41, 5.74) is 2.81. The zero-order chi connectivity index (χ0) is 35.4. The van der Waals surface area contributed by atoms with Gasteiger partial charge in [0, 0.05) is 70.1 Å². The normalized spacial score (nSPS) is 21.1. The molecule has 2 amide bonds. The van der Waals surface area contributed by atoms with E-state index in [9.17, 15) is 23.5 Å². The van der Waals surface area contributed by atoms with Crippen LogP contribution in [0.5, 0.6) is 11.8 Å². The number of alkyl halides is 2. The number of aliphatic hydroxyl groups excluding tert-OH is 1. The molecule has 6 rings (SSSR count). The standard InChI is InChI=1S/C37H46F2N6O5/c1-23(46)33(40-24(2)47)37(48)44-16-17-45-28(19-44)18-43(21-30(45)32(25-10-6-4-7-11-25)26-12-8-5-9-13-26)20-29-35(49-3)41-34(27-14-15-27)42-36(29)50-22-31(38)39/h4-13,23,27-28,30-33,46H,14-22H2,1-3H3,(H,40,47)/t23?,28-,30+,33?/m1/s1. The first-order chi connectivity index (χ1) is 24.1. The van der Waals surface area contributed by atoms with Gasteiger partial charge in [0.1, 0.15) is 11.9 Å². The van der Waals surface area contributed by atoms with Crippen molar-refractivity contribution in [3.63, 3.8) is 0 Å². The van der Waals surface area contributed by atoms with Crippen molar-refractivity contribution in [2.75, 3.05) is 46.4 Å². The molecule has 3 fully saturated rings. The maximum Gasteiger partial charge on any atom is 0.272 e. The SMILES string of the molecule is COc1nc(C2CC2)nc(OCC(F)F)c1CN1C[C@@H]2CN(C(=O)C(NC(C)=O)C(C)O)CCN2[C@H](C(c2ccccc2)c2ccccc2)C1. The third kappa shape index (κ3) is 8.22. The van der Waals surface area contributed by atoms with Gasteiger partial charge in [0.05, 0.1) is 18.8 Å². The van der Waals surface area contributed by atoms with Crippen molar-refractivity contribution in [1.82, 2.24) is 30.0 Å². The summed E-state index contributed by atoms with van der Waals surface area (Å²) >= 11 is 0. The zero-order valence-corrected chi connectivity index (χ0v) is 28.8. The van der Waals surface area contributed by atoms with Crippen molar-refractivity contribution in [2.24, 2.45) is 0 Å². The van der Waals surface area contributed by atoms with E-state index in [-0.39, 0.29) is 42.3 Å². The maximum absolute atomic E-state index is 13.7. The summed E-state index contributed by atoms with van der Waals surface area (Å²) in [4.78, 5) is 41.4. The third-order valence-corrected chi connectivity index (χ3v) is 9.80. The number of hydrogen-bond acceptors (Lipinski definition) is 9. The second-order valence-corrected chi connectivity index (χ2v) is 13.5. The summed E-state index contributed by atoms with van der Waals surface area (Å²) in [5.74, 6) is 0.359. The predicted molar refractivity (Wildman–Crippen MR) is 182 cm³/mol. The lowest BCUT2D eigenvalue weighted by Gasteiger charge is -2.54. The highest BCUT2D eigenvalue weighted by molar-refractivity contribution is 5.87. The number of ether oxygens (including phenoxy) is 2. The lowest BCUT2D eigenvalue weighted by molar-refractivity contribution is -0.143. The van der Waals surface area contributed by atoms with Crippen molar-refractivity contribution in [3.8, 4) is 11.8 Å². The molecular weight excluding hydrogens is 646 g/mol. The van der Waals surface area contributed by atoms with Crippen molar-refractivity contribution in [2.45, 2.75) is 75.7 Å². The Kier molecular flexibility index (Phi) is 11.2. The highest BCUT2D eigenvalue weighted by Gasteiger charge is 2.44. The lowest BCUT2D eigenvalue weighted by Crippen LogP contribution is -2.68. The van der Waals surface area contributed by atoms with E-state index in [4.69, 9.17) is 9.47 Å². The highest BCUT2D eigenvalue weighted by atomic mass is 19.3. The number of fused-ring (bicyclic) bond motifs is 1. The summed E-state index contributed by atoms with van der Waals surface area (Å²) in [6, 6.07) is 19.5. The number of methoxy groups -OCH3 is 1. The quantitative estimate of drug-likeness (QED) is 0.278. The second-order valence-electron chi connectivity index (χ2n) is 13.5. The molecule has 3 aromatic rings. The zero-order valence-electron chi connectivity index (χ0n) is 28.8. The monoisotopic (exact) mass is 692 g/mol. The van der Waals surface area contributed by atoms with E-state index in [1.54, 1.807) is 4.90 Å². The molecule has 0 radical (unpaired) electrons. The summed E-state index contributed by atoms with van der Waals surface area (Å²) < 4.78 is 38.2. The van der Waals surface area contributed by atoms with Gasteiger partial charge in [-0.2, -0.15) is 9.97 Å². The number of hydrogen-bond donors (Lipinski definition) is 2. The van der Waals surface area contributed by atoms with Crippen molar-refractivity contribution < 1.29 is 33.0 Å². The molecule has 13 heteroatoms. The van der Waals surface area contributed by atoms with E-state index in [1.807, 2.05) is 36.4 Å². The summed E-state index contributed by atoms with van der Waals surface area (Å²) in [6.45, 7) is 4.84. The Labute approximate surface area is 291 Å². The molecule has 1 saturated carbocycles. The minimum atomic E-state index is -2.67. The van der Waals surface area contributed by atoms with Crippen LogP contribution in [0.15, 0.2) is 60.7 Å². The molecule has 50 heavy (non-hydrogen) atoms. The van der Waals surface area contributed by atoms with Crippen LogP contribution in [0, 0.1) is 0 Å². The van der Waals surface area contributed by atoms with E-state index in [2.05, 4.69) is 49.4 Å². The molecular formula is C37H46F2N6O5. The Balaban J connectivity index is 1.37. The van der Waals surface area contributed by atoms with Gasteiger partial charge in [0.25, 0.3) is 6.43 Å². The van der Waals surface area contributed by atoms with E-state index in [1.165, 1.54) is 21.0 Å². The van der Waals surface area contributed by atoms with Crippen LogP contribution in [-0.4, -0.2) is 119 Å². The number of nitrogens with one attached hydrogen (secondary N) is 1. The maximum atomic E-state index is 13.7. The first-order valence-electron chi connectivity index (χ1n) is 17.3. The van der Waals surface area contributed by atoms with Crippen LogP contribution in [0.4, 0.5) is 8.78 Å². The van der Waals surface area contributed by atoms with Crippen LogP contribution in [0.2, 0.25) is 0 Å². The Morgan fingerprint density at radius 1 is 0.960 bits per heavy atom. The van der Waals surface area contributed by atoms with Gasteiger partial charge in [-0.1, -0.05) is 60.7 Å². The molecule has 1 aliphatic carbocycles. The van der Waals surface area contributed by atoms with Gasteiger partial charge >= 0.3 is 0 Å². The Hall–Kier alpha value is -4.20. The van der Waals surface area contributed by atoms with Crippen molar-refractivity contribution in [1.29, 1.82) is 0 Å². The molecule has 0 bridgehead atoms. The minimum Gasteiger partial charge on any atom is -0.481 e. The number of carbonyl (C=O) groups is 2. The molecule has 2 unspecified atom stereocenters. The Morgan fingerprint density at radius 2 is 1.60 bits per heavy atom. The number of aliphatic hydroxyl groups is 1. The summed E-state index contributed by atoms with van der Waals surface area (Å²) in [7, 11) is 1.51. The van der Waals surface area contributed by atoms with E-state index in [0.29, 0.717) is 50.0 Å². The second kappa shape index (κ2) is 15.8. The van der Waals surface area contributed by atoms with Crippen LogP contribution in [-0.2, 0) is 16.1 Å². The number of carbonyl (C=O) groups excluding carboxylic acids is 2. The smallest absolute Gasteiger partial charge is 0.272 e. The van der Waals surface area contributed by atoms with E-state index >= 15 is 0 Å². The third-order valence-electron chi connectivity index (χ3n) is 9.80. The van der Waals surface area contributed by atoms with E-state index in [0.717, 1.165) is 24.0 Å². The Bertz CT molecular complexity index is 1570. The molecule has 2 saturated heterocycles. The van der Waals surface area contributed by atoms with Crippen LogP contribution in [0.25, 0.3) is 0 Å². The van der Waals surface area contributed by atoms with Gasteiger partial charge in [0.15, 0.2) is 6.61 Å². The first kappa shape index (κ1) is 35.6. The first-order valence-corrected chi connectivity index (χ1v) is 17.3. The van der Waals surface area contributed by atoms with Crippen LogP contribution < -0.4 is 14.8 Å². The topological polar surface area (TPSA) is 120 Å². The predicted octanol–water partition coefficient (Wildman–Crippen LogP) is 3.42. The molecule has 1 aromatic heterocycles. The molecule has 0 spiro atoms. The van der Waals surface area contributed by atoms with Crippen molar-refractivity contribution in [3.05, 3.63) is 83.2 Å². The molecule has 3 aliphatic rings. The van der Waals surface area contributed by atoms with Gasteiger partial charge < -0.3 is 24.8 Å². The number of rotatable bonds is 13. The number of halogens is 2. The number of aromatic nitrogens is 2. The molecule has 4 atom stereocenters. The molecule has 2 N–H and O–H groups in total. The highest BCUT2D eigenvalue weighted by Crippen LogP contribution is 2.42. The van der Waals surface area contributed by atoms with Crippen LogP contribution in [0.3, 0.4) is 0 Å². The molecule has 11 nitrogen and oxygen atoms in total. The molecule has 268 valence electrons. The summed E-state index contributed by atoms with van der Waals surface area (Å²) in [5, 5.41) is 13.0. The van der Waals surface area contributed by atoms with Gasteiger partial charge in [0.2, 0.25) is 23.6 Å². The molecule has 3 heterocycles. The number of nitrogens with zero attached hydrogens (tertiary/aromatic N) is 5. The minimum absolute atomic E-state index is 0.0283. The fraction of sp³-hybridized carbons (Fsp3) is 0.514. The average Bonchev–Trinajstić information content (AvgIpc) is 3.96. The fourth-order valence-electron chi connectivity index (χ4n) is 7.37.